The Morgan fingerprint density at radius 1 is 0.318 bits per heavy atom. The number of urea groups is 3. The minimum atomic E-state index is -0.909. The third-order valence-corrected chi connectivity index (χ3v) is 13.5. The van der Waals surface area contributed by atoms with Gasteiger partial charge in [0, 0.05) is 94.4 Å². The number of aliphatic imine (C=N–C) groups is 3. The van der Waals surface area contributed by atoms with E-state index in [0.29, 0.717) is 32.1 Å². The van der Waals surface area contributed by atoms with Gasteiger partial charge in [0.25, 0.3) is 0 Å². The number of primary amides is 1. The van der Waals surface area contributed by atoms with Crippen molar-refractivity contribution >= 4 is 71.4 Å². The quantitative estimate of drug-likeness (QED) is 0.0144. The molecule has 0 bridgehead atoms. The fourth-order valence-corrected chi connectivity index (χ4v) is 8.20. The summed E-state index contributed by atoms with van der Waals surface area (Å²) < 4.78 is 0. The maximum atomic E-state index is 13.8. The zero-order valence-electron chi connectivity index (χ0n) is 52.4. The number of carbonyl (C=O) groups excluding carboxylic acids is 9. The average molecular weight is 1210 g/mol. The SMILES string of the molecule is CC(C)[C@H](NC(=O)C[C@@H](NC(=O)C[C@H](CCCN=C(N)N)NC(=O)N[C@@H](NC(=O)C[C@@H](NC(=O)C[C@H](CCCN=C(N)N)NC(=O)N[C@@H](NC(=O)C[C@@H](N)C(C)C)C(C)C)C(C)C)C(C)C)C(C)C)NC(=O)N[C@@H](CCCN=C(N)N)CC(N)=O. The van der Waals surface area contributed by atoms with Gasteiger partial charge in [0.05, 0.1) is 0 Å². The van der Waals surface area contributed by atoms with Crippen molar-refractivity contribution in [2.75, 3.05) is 19.6 Å². The van der Waals surface area contributed by atoms with Gasteiger partial charge in [0.2, 0.25) is 35.4 Å². The van der Waals surface area contributed by atoms with E-state index in [0.717, 1.165) is 0 Å². The van der Waals surface area contributed by atoms with Crippen molar-refractivity contribution in [3.63, 3.8) is 0 Å². The molecule has 0 aromatic carbocycles. The summed E-state index contributed by atoms with van der Waals surface area (Å²) in [6, 6.07) is -5.80. The average Bonchev–Trinajstić information content (AvgIpc) is 3.44. The molecule has 31 nitrogen and oxygen atoms in total. The predicted octanol–water partition coefficient (Wildman–Crippen LogP) is -1.46. The summed E-state index contributed by atoms with van der Waals surface area (Å²) in [5.74, 6) is -4.40. The van der Waals surface area contributed by atoms with Crippen LogP contribution in [0.1, 0.15) is 160 Å². The van der Waals surface area contributed by atoms with E-state index in [9.17, 15) is 43.2 Å². The molecule has 31 heteroatoms. The van der Waals surface area contributed by atoms with Gasteiger partial charge in [-0.3, -0.25) is 43.7 Å². The smallest absolute Gasteiger partial charge is 0.316 e. The Labute approximate surface area is 502 Å². The highest BCUT2D eigenvalue weighted by atomic mass is 16.2. The Morgan fingerprint density at radius 2 is 0.588 bits per heavy atom. The third-order valence-electron chi connectivity index (χ3n) is 13.5. The lowest BCUT2D eigenvalue weighted by atomic mass is 9.99. The van der Waals surface area contributed by atoms with E-state index in [-0.39, 0.29) is 130 Å². The molecule has 0 rings (SSSR count). The fraction of sp³-hybridized carbons (Fsp3) is 0.778. The molecule has 0 unspecified atom stereocenters. The van der Waals surface area contributed by atoms with Crippen LogP contribution in [0.3, 0.4) is 0 Å². The molecule has 0 aliphatic rings. The van der Waals surface area contributed by atoms with E-state index >= 15 is 0 Å². The van der Waals surface area contributed by atoms with Crippen molar-refractivity contribution in [2.24, 2.45) is 96.4 Å². The van der Waals surface area contributed by atoms with Gasteiger partial charge in [-0.15, -0.1) is 0 Å². The van der Waals surface area contributed by atoms with Gasteiger partial charge in [-0.25, -0.2) is 14.4 Å². The summed E-state index contributed by atoms with van der Waals surface area (Å²) in [6.07, 6.45) is -1.17. The van der Waals surface area contributed by atoms with Crippen LogP contribution in [0.4, 0.5) is 14.4 Å². The van der Waals surface area contributed by atoms with E-state index < -0.39 is 96.3 Å². The minimum Gasteiger partial charge on any atom is -0.370 e. The van der Waals surface area contributed by atoms with Gasteiger partial charge in [-0.05, 0) is 74.0 Å². The van der Waals surface area contributed by atoms with Crippen LogP contribution in [-0.4, -0.2) is 146 Å². The number of nitrogens with one attached hydrogen (secondary N) is 11. The number of guanidine groups is 3. The zero-order valence-corrected chi connectivity index (χ0v) is 52.4. The van der Waals surface area contributed by atoms with E-state index in [4.69, 9.17) is 45.9 Å². The van der Waals surface area contributed by atoms with Gasteiger partial charge in [-0.2, -0.15) is 0 Å². The zero-order chi connectivity index (χ0) is 65.1. The Bertz CT molecular complexity index is 2180. The van der Waals surface area contributed by atoms with Crippen LogP contribution in [0.25, 0.3) is 0 Å². The molecule has 0 saturated carbocycles. The summed E-state index contributed by atoms with van der Waals surface area (Å²) in [7, 11) is 0. The van der Waals surface area contributed by atoms with Crippen LogP contribution in [0.2, 0.25) is 0 Å². The summed E-state index contributed by atoms with van der Waals surface area (Å²) in [5.41, 5.74) is 44.4. The van der Waals surface area contributed by atoms with E-state index in [1.54, 1.807) is 27.7 Å². The highest BCUT2D eigenvalue weighted by Crippen LogP contribution is 2.14. The molecular weight excluding hydrogens is 1100 g/mol. The maximum absolute atomic E-state index is 13.8. The molecule has 0 saturated heterocycles. The van der Waals surface area contributed by atoms with Crippen LogP contribution < -0.4 is 104 Å². The highest BCUT2D eigenvalue weighted by Gasteiger charge is 2.30. The van der Waals surface area contributed by atoms with Crippen molar-refractivity contribution in [3.8, 4) is 0 Å². The molecule has 0 radical (unpaired) electrons. The first-order valence-corrected chi connectivity index (χ1v) is 29.5. The second-order valence-electron chi connectivity index (χ2n) is 23.6. The molecule has 0 heterocycles. The topological polar surface area (TPSA) is 531 Å². The maximum Gasteiger partial charge on any atom is 0.316 e. The number of hydrogen-bond acceptors (Lipinski definition) is 13. The second kappa shape index (κ2) is 41.4. The van der Waals surface area contributed by atoms with Crippen molar-refractivity contribution in [2.45, 2.75) is 215 Å². The van der Waals surface area contributed by atoms with Crippen molar-refractivity contribution in [1.82, 2.24) is 58.5 Å². The van der Waals surface area contributed by atoms with Gasteiger partial charge in [-0.1, -0.05) is 83.1 Å². The van der Waals surface area contributed by atoms with Crippen molar-refractivity contribution in [1.29, 1.82) is 0 Å². The molecule has 0 aromatic heterocycles. The molecular formula is C54H108N22O9. The van der Waals surface area contributed by atoms with Gasteiger partial charge in [0.1, 0.15) is 18.5 Å². The molecule has 0 spiro atoms. The minimum absolute atomic E-state index is 0.0691. The van der Waals surface area contributed by atoms with Gasteiger partial charge >= 0.3 is 18.1 Å². The number of nitrogens with two attached hydrogens (primary N) is 8. The highest BCUT2D eigenvalue weighted by molar-refractivity contribution is 5.84. The number of rotatable bonds is 41. The van der Waals surface area contributed by atoms with Crippen LogP contribution >= 0.6 is 0 Å². The second-order valence-corrected chi connectivity index (χ2v) is 23.6. The Morgan fingerprint density at radius 3 is 0.835 bits per heavy atom. The lowest BCUT2D eigenvalue weighted by Crippen LogP contribution is -2.57. The van der Waals surface area contributed by atoms with Gasteiger partial charge in [0.15, 0.2) is 17.9 Å². The summed E-state index contributed by atoms with van der Waals surface area (Å²) in [4.78, 5) is 131. The van der Waals surface area contributed by atoms with Crippen LogP contribution in [-0.2, 0) is 28.8 Å². The molecule has 85 heavy (non-hydrogen) atoms. The van der Waals surface area contributed by atoms with E-state index in [2.05, 4.69) is 73.5 Å². The molecule has 0 aliphatic carbocycles. The Kier molecular flexibility index (Phi) is 37.7. The predicted molar refractivity (Wildman–Crippen MR) is 330 cm³/mol. The number of nitrogens with zero attached hydrogens (tertiary/aromatic N) is 3. The summed E-state index contributed by atoms with van der Waals surface area (Å²) in [6.45, 7) is 22.6. The van der Waals surface area contributed by atoms with Gasteiger partial charge < -0.3 is 104 Å². The number of amides is 12. The summed E-state index contributed by atoms with van der Waals surface area (Å²) in [5, 5.41) is 31.0. The molecule has 12 amide bonds. The molecule has 0 fully saturated rings. The largest absolute Gasteiger partial charge is 0.370 e. The Balaban J connectivity index is 6.05. The fourth-order valence-electron chi connectivity index (χ4n) is 8.20. The monoisotopic (exact) mass is 1210 g/mol. The van der Waals surface area contributed by atoms with Crippen LogP contribution in [0.5, 0.6) is 0 Å². The molecule has 9 atom stereocenters. The first kappa shape index (κ1) is 77.4. The van der Waals surface area contributed by atoms with Crippen LogP contribution in [0, 0.1) is 35.5 Å². The lowest BCUT2D eigenvalue weighted by Gasteiger charge is -2.29. The summed E-state index contributed by atoms with van der Waals surface area (Å²) >= 11 is 0. The molecule has 488 valence electrons. The first-order valence-electron chi connectivity index (χ1n) is 29.5. The molecule has 0 aromatic rings. The number of carbonyl (C=O) groups is 9. The normalized spacial score (nSPS) is 14.4. The lowest BCUT2D eigenvalue weighted by molar-refractivity contribution is -0.126. The molecule has 27 N–H and O–H groups in total. The third kappa shape index (κ3) is 38.1. The van der Waals surface area contributed by atoms with Crippen LogP contribution in [0.15, 0.2) is 15.0 Å². The Hall–Kier alpha value is -7.60. The van der Waals surface area contributed by atoms with Crippen molar-refractivity contribution < 1.29 is 43.2 Å². The number of hydrogen-bond donors (Lipinski definition) is 19. The standard InChI is InChI=1S/C54H108N22O9/c1-28(2)37(55)25-43(80)71-46(31(7)8)74-53(84)67-35(17-14-20-64-50(59)60)23-41(78)70-39(30(5)6)27-45(82)73-48(33(11)12)76-54(85)68-36(18-15-21-65-51(61)62)24-42(79)69-38(29(3)4)26-44(81)72-47(32(9)10)75-52(83)66-34(22-40(56)77)16-13-19-63-49(57)58/h28-39,46-48H,13-27,55H2,1-12H3,(H2,56,77)(H,69,79)(H,70,78)(H,71,80)(H,72,81)(H,73,82)(H4,57,58,63)(H4,59,60,64)(H4,61,62,65)(H2,66,75,83)(H2,67,74,84)(H2,68,76,85)/t34-,35-,36-,37+,38+,39+,46+,47+,48+/m0/s1. The van der Waals surface area contributed by atoms with E-state index in [1.807, 2.05) is 55.4 Å². The first-order chi connectivity index (χ1) is 39.6. The van der Waals surface area contributed by atoms with Crippen molar-refractivity contribution in [3.05, 3.63) is 0 Å². The van der Waals surface area contributed by atoms with E-state index in [1.165, 1.54) is 0 Å². The molecule has 0 aliphatic heterocycles.